The number of nitrogens with zero attached hydrogens (tertiary/aromatic N) is 2. The largest absolute Gasteiger partial charge is 0.430 e. The van der Waals surface area contributed by atoms with Crippen LogP contribution in [-0.2, 0) is 6.54 Å². The molecule has 2 aromatic rings. The third kappa shape index (κ3) is 4.16. The second-order valence-electron chi connectivity index (χ2n) is 4.51. The number of hydrogen-bond donors (Lipinski definition) is 1. The molecule has 0 fully saturated rings. The highest BCUT2D eigenvalue weighted by Gasteiger charge is 2.07. The predicted octanol–water partition coefficient (Wildman–Crippen LogP) is 3.79. The first-order valence-electron chi connectivity index (χ1n) is 6.04. The summed E-state index contributed by atoms with van der Waals surface area (Å²) < 4.78 is 5.66. The van der Waals surface area contributed by atoms with Gasteiger partial charge in [-0.05, 0) is 30.7 Å². The van der Waals surface area contributed by atoms with Crippen LogP contribution in [0.3, 0.4) is 0 Å². The van der Waals surface area contributed by atoms with Gasteiger partial charge in [-0.25, -0.2) is 0 Å². The topological polar surface area (TPSA) is 47.0 Å². The predicted molar refractivity (Wildman–Crippen MR) is 78.1 cm³/mol. The van der Waals surface area contributed by atoms with Crippen LogP contribution >= 0.6 is 22.9 Å². The maximum absolute atomic E-state index is 5.97. The van der Waals surface area contributed by atoms with Crippen molar-refractivity contribution in [2.45, 2.75) is 33.4 Å². The number of benzene rings is 1. The van der Waals surface area contributed by atoms with Gasteiger partial charge in [-0.15, -0.1) is 5.10 Å². The van der Waals surface area contributed by atoms with Gasteiger partial charge in [0.2, 0.25) is 0 Å². The highest BCUT2D eigenvalue weighted by molar-refractivity contribution is 7.13. The van der Waals surface area contributed by atoms with Crippen molar-refractivity contribution in [1.29, 1.82) is 0 Å². The molecule has 1 heterocycles. The zero-order chi connectivity index (χ0) is 13.8. The molecule has 0 aliphatic carbocycles. The molecule has 2 rings (SSSR count). The van der Waals surface area contributed by atoms with Crippen molar-refractivity contribution in [2.75, 3.05) is 0 Å². The summed E-state index contributed by atoms with van der Waals surface area (Å²) in [6.07, 6.45) is 0. The van der Waals surface area contributed by atoms with Crippen LogP contribution in [0, 0.1) is 6.92 Å². The van der Waals surface area contributed by atoms with E-state index < -0.39 is 0 Å². The minimum atomic E-state index is 0.423. The summed E-state index contributed by atoms with van der Waals surface area (Å²) in [7, 11) is 0. The van der Waals surface area contributed by atoms with Gasteiger partial charge in [0.1, 0.15) is 10.8 Å². The van der Waals surface area contributed by atoms with Crippen molar-refractivity contribution in [2.24, 2.45) is 0 Å². The Labute approximate surface area is 121 Å². The van der Waals surface area contributed by atoms with E-state index in [1.807, 2.05) is 25.1 Å². The van der Waals surface area contributed by atoms with E-state index in [1.165, 1.54) is 11.3 Å². The first-order chi connectivity index (χ1) is 9.04. The molecule has 0 atom stereocenters. The summed E-state index contributed by atoms with van der Waals surface area (Å²) in [6, 6.07) is 5.94. The Morgan fingerprint density at radius 1 is 1.37 bits per heavy atom. The molecule has 1 aromatic heterocycles. The van der Waals surface area contributed by atoms with Crippen LogP contribution in [0.25, 0.3) is 0 Å². The number of aryl methyl sites for hydroxylation is 1. The molecule has 0 aliphatic heterocycles. The maximum atomic E-state index is 5.97. The first-order valence-corrected chi connectivity index (χ1v) is 7.24. The number of halogens is 1. The van der Waals surface area contributed by atoms with E-state index in [2.05, 4.69) is 29.4 Å². The van der Waals surface area contributed by atoms with Gasteiger partial charge in [0, 0.05) is 11.1 Å². The third-order valence-electron chi connectivity index (χ3n) is 2.44. The molecule has 0 spiro atoms. The molecule has 0 radical (unpaired) electrons. The lowest BCUT2D eigenvalue weighted by atomic mass is 10.2. The molecule has 0 bridgehead atoms. The number of hydrogen-bond acceptors (Lipinski definition) is 5. The minimum absolute atomic E-state index is 0.423. The van der Waals surface area contributed by atoms with Crippen molar-refractivity contribution >= 4 is 22.9 Å². The van der Waals surface area contributed by atoms with Gasteiger partial charge in [-0.2, -0.15) is 0 Å². The first kappa shape index (κ1) is 14.2. The van der Waals surface area contributed by atoms with Crippen molar-refractivity contribution < 1.29 is 4.74 Å². The Morgan fingerprint density at radius 2 is 2.16 bits per heavy atom. The van der Waals surface area contributed by atoms with Gasteiger partial charge in [-0.3, -0.25) is 0 Å². The Balaban J connectivity index is 2.01. The fraction of sp³-hybridized carbons (Fsp3) is 0.385. The molecule has 1 N–H and O–H groups in total. The normalized spacial score (nSPS) is 11.0. The van der Waals surface area contributed by atoms with E-state index in [1.54, 1.807) is 0 Å². The smallest absolute Gasteiger partial charge is 0.299 e. The van der Waals surface area contributed by atoms with E-state index in [4.69, 9.17) is 16.3 Å². The number of aromatic nitrogens is 2. The standard InChI is InChI=1S/C13H16ClN3OS/c1-8(2)15-7-12-16-17-13(19-12)18-10-4-5-11(14)9(3)6-10/h4-6,8,15H,7H2,1-3H3. The number of ether oxygens (including phenoxy) is 1. The summed E-state index contributed by atoms with van der Waals surface area (Å²) in [6.45, 7) is 6.83. The fourth-order valence-corrected chi connectivity index (χ4v) is 2.20. The van der Waals surface area contributed by atoms with E-state index in [0.717, 1.165) is 21.3 Å². The Bertz CT molecular complexity index is 557. The van der Waals surface area contributed by atoms with Gasteiger partial charge in [0.15, 0.2) is 0 Å². The van der Waals surface area contributed by atoms with Crippen LogP contribution < -0.4 is 10.1 Å². The second kappa shape index (κ2) is 6.32. The van der Waals surface area contributed by atoms with E-state index in [-0.39, 0.29) is 0 Å². The average Bonchev–Trinajstić information content (AvgIpc) is 2.79. The van der Waals surface area contributed by atoms with Gasteiger partial charge in [0.25, 0.3) is 5.19 Å². The molecule has 4 nitrogen and oxygen atoms in total. The lowest BCUT2D eigenvalue weighted by Gasteiger charge is -2.04. The van der Waals surface area contributed by atoms with Gasteiger partial charge >= 0.3 is 0 Å². The van der Waals surface area contributed by atoms with E-state index in [9.17, 15) is 0 Å². The van der Waals surface area contributed by atoms with Crippen LogP contribution in [0.2, 0.25) is 5.02 Å². The summed E-state index contributed by atoms with van der Waals surface area (Å²) in [4.78, 5) is 0. The summed E-state index contributed by atoms with van der Waals surface area (Å²) >= 11 is 7.41. The average molecular weight is 298 g/mol. The number of rotatable bonds is 5. The summed E-state index contributed by atoms with van der Waals surface area (Å²) in [5, 5.41) is 13.6. The molecule has 6 heteroatoms. The van der Waals surface area contributed by atoms with Gasteiger partial charge in [-0.1, -0.05) is 41.9 Å². The highest BCUT2D eigenvalue weighted by Crippen LogP contribution is 2.27. The van der Waals surface area contributed by atoms with Gasteiger partial charge < -0.3 is 10.1 Å². The van der Waals surface area contributed by atoms with Crippen molar-refractivity contribution in [3.8, 4) is 10.9 Å². The molecule has 0 saturated carbocycles. The summed E-state index contributed by atoms with van der Waals surface area (Å²) in [5.41, 5.74) is 0.977. The van der Waals surface area contributed by atoms with Crippen molar-refractivity contribution in [3.05, 3.63) is 33.8 Å². The molecule has 0 unspecified atom stereocenters. The zero-order valence-electron chi connectivity index (χ0n) is 11.1. The van der Waals surface area contributed by atoms with Crippen molar-refractivity contribution in [3.63, 3.8) is 0 Å². The molecular formula is C13H16ClN3OS. The monoisotopic (exact) mass is 297 g/mol. The highest BCUT2D eigenvalue weighted by atomic mass is 35.5. The van der Waals surface area contributed by atoms with Crippen LogP contribution in [0.1, 0.15) is 24.4 Å². The SMILES string of the molecule is Cc1cc(Oc2nnc(CNC(C)C)s2)ccc1Cl. The fourth-order valence-electron chi connectivity index (χ4n) is 1.42. The van der Waals surface area contributed by atoms with E-state index >= 15 is 0 Å². The minimum Gasteiger partial charge on any atom is -0.430 e. The summed E-state index contributed by atoms with van der Waals surface area (Å²) in [5.74, 6) is 0.724. The molecular weight excluding hydrogens is 282 g/mol. The molecule has 0 aliphatic rings. The number of nitrogens with one attached hydrogen (secondary N) is 1. The molecule has 0 saturated heterocycles. The molecule has 1 aromatic carbocycles. The molecule has 19 heavy (non-hydrogen) atoms. The lowest BCUT2D eigenvalue weighted by molar-refractivity contribution is 0.472. The maximum Gasteiger partial charge on any atom is 0.299 e. The van der Waals surface area contributed by atoms with Gasteiger partial charge in [0.05, 0.1) is 6.54 Å². The Hall–Kier alpha value is -1.17. The third-order valence-corrected chi connectivity index (χ3v) is 3.67. The lowest BCUT2D eigenvalue weighted by Crippen LogP contribution is -2.21. The Kier molecular flexibility index (Phi) is 4.74. The Morgan fingerprint density at radius 3 is 2.84 bits per heavy atom. The molecule has 102 valence electrons. The zero-order valence-corrected chi connectivity index (χ0v) is 12.7. The van der Waals surface area contributed by atoms with Crippen molar-refractivity contribution in [1.82, 2.24) is 15.5 Å². The van der Waals surface area contributed by atoms with Crippen LogP contribution in [0.5, 0.6) is 10.9 Å². The van der Waals surface area contributed by atoms with E-state index in [0.29, 0.717) is 17.8 Å². The second-order valence-corrected chi connectivity index (χ2v) is 5.94. The molecule has 0 amide bonds. The quantitative estimate of drug-likeness (QED) is 0.912. The van der Waals surface area contributed by atoms with Crippen LogP contribution in [-0.4, -0.2) is 16.2 Å². The van der Waals surface area contributed by atoms with Crippen LogP contribution in [0.4, 0.5) is 0 Å². The van der Waals surface area contributed by atoms with Crippen LogP contribution in [0.15, 0.2) is 18.2 Å².